The van der Waals surface area contributed by atoms with E-state index in [-0.39, 0.29) is 11.6 Å². The number of nitrogens with zero attached hydrogens (tertiary/aromatic N) is 1. The van der Waals surface area contributed by atoms with Gasteiger partial charge in [0.2, 0.25) is 0 Å². The lowest BCUT2D eigenvalue weighted by atomic mass is 10.1. The molecule has 0 bridgehead atoms. The van der Waals surface area contributed by atoms with Crippen LogP contribution in [-0.4, -0.2) is 9.78 Å². The van der Waals surface area contributed by atoms with Gasteiger partial charge >= 0.3 is 0 Å². The van der Waals surface area contributed by atoms with Crippen molar-refractivity contribution in [2.75, 3.05) is 0 Å². The molecule has 0 aliphatic heterocycles. The van der Waals surface area contributed by atoms with Crippen LogP contribution in [0.2, 0.25) is 0 Å². The summed E-state index contributed by atoms with van der Waals surface area (Å²) in [5.41, 5.74) is 7.61. The third-order valence-corrected chi connectivity index (χ3v) is 2.62. The molecule has 80 valence electrons. The van der Waals surface area contributed by atoms with Gasteiger partial charge in [-0.05, 0) is 25.5 Å². The summed E-state index contributed by atoms with van der Waals surface area (Å²) in [6, 6.07) is 5.59. The first-order valence-electron chi connectivity index (χ1n) is 5.12. The monoisotopic (exact) mass is 205 g/mol. The van der Waals surface area contributed by atoms with Crippen LogP contribution in [0.25, 0.3) is 10.9 Å². The molecule has 0 amide bonds. The molecule has 15 heavy (non-hydrogen) atoms. The Balaban J connectivity index is 2.84. The van der Waals surface area contributed by atoms with Crippen LogP contribution in [-0.2, 0) is 6.54 Å². The van der Waals surface area contributed by atoms with Gasteiger partial charge in [-0.1, -0.05) is 12.1 Å². The Morgan fingerprint density at radius 3 is 2.87 bits per heavy atom. The third kappa shape index (κ3) is 1.47. The lowest BCUT2D eigenvalue weighted by Crippen LogP contribution is -2.17. The molecule has 1 unspecified atom stereocenters. The van der Waals surface area contributed by atoms with Crippen LogP contribution >= 0.6 is 0 Å². The van der Waals surface area contributed by atoms with Crippen molar-refractivity contribution in [2.24, 2.45) is 5.73 Å². The van der Waals surface area contributed by atoms with Gasteiger partial charge in [0, 0.05) is 12.6 Å². The van der Waals surface area contributed by atoms with Gasteiger partial charge in [0.15, 0.2) is 0 Å². The topological polar surface area (TPSA) is 63.8 Å². The minimum Gasteiger partial charge on any atom is -0.324 e. The highest BCUT2D eigenvalue weighted by Gasteiger charge is 2.11. The van der Waals surface area contributed by atoms with E-state index in [1.54, 1.807) is 4.68 Å². The van der Waals surface area contributed by atoms with Crippen molar-refractivity contribution in [3.05, 3.63) is 34.1 Å². The zero-order chi connectivity index (χ0) is 11.0. The van der Waals surface area contributed by atoms with Crippen molar-refractivity contribution < 1.29 is 0 Å². The SMILES string of the molecule is CCn1[nH]c2cccc(C(C)N)c2c1=O. The first kappa shape index (κ1) is 9.98. The second kappa shape index (κ2) is 3.55. The van der Waals surface area contributed by atoms with Crippen molar-refractivity contribution in [1.29, 1.82) is 0 Å². The highest BCUT2D eigenvalue weighted by molar-refractivity contribution is 5.82. The van der Waals surface area contributed by atoms with Crippen molar-refractivity contribution >= 4 is 10.9 Å². The first-order chi connectivity index (χ1) is 7.15. The zero-order valence-electron chi connectivity index (χ0n) is 8.95. The summed E-state index contributed by atoms with van der Waals surface area (Å²) in [7, 11) is 0. The molecule has 0 saturated carbocycles. The summed E-state index contributed by atoms with van der Waals surface area (Å²) in [4.78, 5) is 12.0. The molecule has 1 atom stereocenters. The number of aryl methyl sites for hydroxylation is 1. The summed E-state index contributed by atoms with van der Waals surface area (Å²) < 4.78 is 1.59. The molecule has 0 radical (unpaired) electrons. The number of hydrogen-bond acceptors (Lipinski definition) is 2. The van der Waals surface area contributed by atoms with Crippen LogP contribution < -0.4 is 11.3 Å². The molecule has 0 aliphatic carbocycles. The van der Waals surface area contributed by atoms with Crippen molar-refractivity contribution in [2.45, 2.75) is 26.4 Å². The van der Waals surface area contributed by atoms with Crippen LogP contribution in [0.1, 0.15) is 25.5 Å². The van der Waals surface area contributed by atoms with Gasteiger partial charge in [-0.3, -0.25) is 14.6 Å². The fourth-order valence-corrected chi connectivity index (χ4v) is 1.84. The standard InChI is InChI=1S/C11H15N3O/c1-3-14-11(15)10-8(7(2)12)5-4-6-9(10)13-14/h4-7,13H,3,12H2,1-2H3. The highest BCUT2D eigenvalue weighted by atomic mass is 16.1. The Bertz CT molecular complexity index is 536. The largest absolute Gasteiger partial charge is 0.324 e. The molecule has 0 fully saturated rings. The van der Waals surface area contributed by atoms with Crippen LogP contribution in [0.5, 0.6) is 0 Å². The number of hydrogen-bond donors (Lipinski definition) is 2. The minimum absolute atomic E-state index is 0.0143. The van der Waals surface area contributed by atoms with E-state index in [0.717, 1.165) is 11.1 Å². The lowest BCUT2D eigenvalue weighted by molar-refractivity contribution is 0.645. The van der Waals surface area contributed by atoms with E-state index in [0.29, 0.717) is 11.9 Å². The number of fused-ring (bicyclic) bond motifs is 1. The summed E-state index contributed by atoms with van der Waals surface area (Å²) in [5.74, 6) is 0. The number of nitrogens with one attached hydrogen (secondary N) is 1. The number of aromatic amines is 1. The molecule has 2 aromatic rings. The quantitative estimate of drug-likeness (QED) is 0.777. The Kier molecular flexibility index (Phi) is 2.36. The molecule has 4 heteroatoms. The summed E-state index contributed by atoms with van der Waals surface area (Å²) >= 11 is 0. The summed E-state index contributed by atoms with van der Waals surface area (Å²) in [5, 5.41) is 3.77. The number of nitrogens with two attached hydrogens (primary N) is 1. The maximum atomic E-state index is 12.0. The molecule has 0 saturated heterocycles. The lowest BCUT2D eigenvalue weighted by Gasteiger charge is -2.04. The fraction of sp³-hybridized carbons (Fsp3) is 0.364. The minimum atomic E-state index is -0.123. The molecule has 2 rings (SSSR count). The maximum absolute atomic E-state index is 12.0. The molecule has 4 nitrogen and oxygen atoms in total. The first-order valence-corrected chi connectivity index (χ1v) is 5.12. The van der Waals surface area contributed by atoms with Crippen LogP contribution in [0.3, 0.4) is 0 Å². The predicted molar refractivity (Wildman–Crippen MR) is 60.8 cm³/mol. The molecular formula is C11H15N3O. The average molecular weight is 205 g/mol. The van der Waals surface area contributed by atoms with E-state index < -0.39 is 0 Å². The highest BCUT2D eigenvalue weighted by Crippen LogP contribution is 2.18. The van der Waals surface area contributed by atoms with Gasteiger partial charge in [-0.15, -0.1) is 0 Å². The van der Waals surface area contributed by atoms with Gasteiger partial charge in [-0.25, -0.2) is 0 Å². The van der Waals surface area contributed by atoms with E-state index in [9.17, 15) is 4.79 Å². The normalized spacial score (nSPS) is 13.3. The van der Waals surface area contributed by atoms with E-state index in [2.05, 4.69) is 5.10 Å². The Morgan fingerprint density at radius 1 is 1.53 bits per heavy atom. The third-order valence-electron chi connectivity index (χ3n) is 2.62. The number of benzene rings is 1. The van der Waals surface area contributed by atoms with Crippen LogP contribution in [0.15, 0.2) is 23.0 Å². The number of rotatable bonds is 2. The van der Waals surface area contributed by atoms with Crippen molar-refractivity contribution in [3.63, 3.8) is 0 Å². The van der Waals surface area contributed by atoms with E-state index in [4.69, 9.17) is 5.73 Å². The summed E-state index contributed by atoms with van der Waals surface area (Å²) in [6.45, 7) is 4.46. The van der Waals surface area contributed by atoms with E-state index in [1.165, 1.54) is 0 Å². The summed E-state index contributed by atoms with van der Waals surface area (Å²) in [6.07, 6.45) is 0. The maximum Gasteiger partial charge on any atom is 0.274 e. The van der Waals surface area contributed by atoms with Crippen molar-refractivity contribution in [3.8, 4) is 0 Å². The predicted octanol–water partition coefficient (Wildman–Crippen LogP) is 1.37. The van der Waals surface area contributed by atoms with Gasteiger partial charge < -0.3 is 5.73 Å². The molecule has 1 aromatic carbocycles. The second-order valence-corrected chi connectivity index (χ2v) is 3.72. The van der Waals surface area contributed by atoms with E-state index in [1.807, 2.05) is 32.0 Å². The van der Waals surface area contributed by atoms with Crippen molar-refractivity contribution in [1.82, 2.24) is 9.78 Å². The van der Waals surface area contributed by atoms with E-state index >= 15 is 0 Å². The van der Waals surface area contributed by atoms with Gasteiger partial charge in [0.1, 0.15) is 0 Å². The van der Waals surface area contributed by atoms with Gasteiger partial charge in [-0.2, -0.15) is 0 Å². The van der Waals surface area contributed by atoms with Gasteiger partial charge in [0.25, 0.3) is 5.56 Å². The average Bonchev–Trinajstić information content (AvgIpc) is 2.55. The smallest absolute Gasteiger partial charge is 0.274 e. The molecule has 3 N–H and O–H groups in total. The molecule has 0 aliphatic rings. The Morgan fingerprint density at radius 2 is 2.27 bits per heavy atom. The molecule has 1 heterocycles. The zero-order valence-corrected chi connectivity index (χ0v) is 8.95. The number of H-pyrrole nitrogens is 1. The fourth-order valence-electron chi connectivity index (χ4n) is 1.84. The second-order valence-electron chi connectivity index (χ2n) is 3.72. The Hall–Kier alpha value is -1.55. The number of aromatic nitrogens is 2. The van der Waals surface area contributed by atoms with Crippen LogP contribution in [0, 0.1) is 0 Å². The molecular weight excluding hydrogens is 190 g/mol. The molecule has 1 aromatic heterocycles. The van der Waals surface area contributed by atoms with Gasteiger partial charge in [0.05, 0.1) is 10.9 Å². The molecule has 0 spiro atoms. The Labute approximate surface area is 87.7 Å². The van der Waals surface area contributed by atoms with Crippen LogP contribution in [0.4, 0.5) is 0 Å².